The molecule has 0 amide bonds. The van der Waals surface area contributed by atoms with Gasteiger partial charge in [-0.3, -0.25) is 0 Å². The van der Waals surface area contributed by atoms with Crippen molar-refractivity contribution >= 4 is 8.32 Å². The molecular formula is C15H28O4Si. The Bertz CT molecular complexity index is 392. The lowest BCUT2D eigenvalue weighted by Gasteiger charge is -2.39. The van der Waals surface area contributed by atoms with Gasteiger partial charge in [0.05, 0.1) is 13.2 Å². The summed E-state index contributed by atoms with van der Waals surface area (Å²) in [5.41, 5.74) is -1.46. The van der Waals surface area contributed by atoms with Gasteiger partial charge in [0.15, 0.2) is 19.7 Å². The number of terminal acetylenes is 1. The van der Waals surface area contributed by atoms with Crippen LogP contribution in [0.25, 0.3) is 0 Å². The third-order valence-electron chi connectivity index (χ3n) is 4.25. The lowest BCUT2D eigenvalue weighted by molar-refractivity contribution is -0.164. The van der Waals surface area contributed by atoms with Crippen LogP contribution in [0.1, 0.15) is 34.6 Å². The lowest BCUT2D eigenvalue weighted by Crippen LogP contribution is -2.52. The molecule has 5 heteroatoms. The van der Waals surface area contributed by atoms with E-state index in [1.54, 1.807) is 13.8 Å². The van der Waals surface area contributed by atoms with E-state index in [0.29, 0.717) is 0 Å². The molecule has 0 aromatic carbocycles. The fourth-order valence-corrected chi connectivity index (χ4v) is 2.67. The number of rotatable bonds is 4. The van der Waals surface area contributed by atoms with E-state index in [4.69, 9.17) is 20.3 Å². The Hall–Kier alpha value is -0.383. The Kier molecular flexibility index (Phi) is 4.80. The van der Waals surface area contributed by atoms with E-state index >= 15 is 0 Å². The third-order valence-corrected chi connectivity index (χ3v) is 8.73. The first-order valence-electron chi connectivity index (χ1n) is 6.99. The highest BCUT2D eigenvalue weighted by atomic mass is 28.4. The van der Waals surface area contributed by atoms with Crippen molar-refractivity contribution in [3.8, 4) is 12.3 Å². The van der Waals surface area contributed by atoms with Crippen LogP contribution in [0.15, 0.2) is 0 Å². The van der Waals surface area contributed by atoms with E-state index in [1.807, 2.05) is 0 Å². The van der Waals surface area contributed by atoms with Gasteiger partial charge in [-0.2, -0.15) is 0 Å². The zero-order valence-electron chi connectivity index (χ0n) is 13.7. The van der Waals surface area contributed by atoms with Crippen LogP contribution in [-0.2, 0) is 13.9 Å². The molecule has 0 aliphatic carbocycles. The number of aliphatic hydroxyl groups is 1. The Morgan fingerprint density at radius 1 is 1.40 bits per heavy atom. The van der Waals surface area contributed by atoms with E-state index in [1.165, 1.54) is 0 Å². The molecule has 20 heavy (non-hydrogen) atoms. The SMILES string of the molecule is C#C[C@](O)(CO[Si](C)(C)C(C)(C)C)[C@H]1COC(C)(C)O1. The highest BCUT2D eigenvalue weighted by molar-refractivity contribution is 6.74. The molecule has 1 N–H and O–H groups in total. The van der Waals surface area contributed by atoms with E-state index in [2.05, 4.69) is 39.8 Å². The van der Waals surface area contributed by atoms with Gasteiger partial charge in [0.2, 0.25) is 0 Å². The van der Waals surface area contributed by atoms with Crippen LogP contribution in [0.4, 0.5) is 0 Å². The van der Waals surface area contributed by atoms with Gasteiger partial charge in [-0.25, -0.2) is 0 Å². The largest absolute Gasteiger partial charge is 0.413 e. The molecule has 0 aromatic heterocycles. The van der Waals surface area contributed by atoms with Crippen molar-refractivity contribution in [3.05, 3.63) is 0 Å². The minimum atomic E-state index is -1.97. The van der Waals surface area contributed by atoms with Crippen LogP contribution < -0.4 is 0 Å². The molecule has 0 saturated carbocycles. The zero-order valence-corrected chi connectivity index (χ0v) is 14.7. The minimum absolute atomic E-state index is 0.0643. The van der Waals surface area contributed by atoms with Gasteiger partial charge in [0.1, 0.15) is 6.10 Å². The normalized spacial score (nSPS) is 26.1. The smallest absolute Gasteiger partial charge is 0.192 e. The molecule has 0 bridgehead atoms. The van der Waals surface area contributed by atoms with Gasteiger partial charge in [-0.15, -0.1) is 6.42 Å². The van der Waals surface area contributed by atoms with Crippen LogP contribution in [0.2, 0.25) is 18.1 Å². The molecule has 2 atom stereocenters. The number of hydrogen-bond acceptors (Lipinski definition) is 4. The average Bonchev–Trinajstić information content (AvgIpc) is 2.66. The first-order chi connectivity index (χ1) is 8.83. The number of hydrogen-bond donors (Lipinski definition) is 1. The maximum absolute atomic E-state index is 10.6. The predicted molar refractivity (Wildman–Crippen MR) is 81.8 cm³/mol. The van der Waals surface area contributed by atoms with Crippen molar-refractivity contribution in [1.82, 2.24) is 0 Å². The molecule has 1 aliphatic rings. The molecule has 1 aliphatic heterocycles. The first kappa shape index (κ1) is 17.7. The van der Waals surface area contributed by atoms with Gasteiger partial charge in [0.25, 0.3) is 0 Å². The monoisotopic (exact) mass is 300 g/mol. The molecule has 1 fully saturated rings. The fourth-order valence-electron chi connectivity index (χ4n) is 1.66. The van der Waals surface area contributed by atoms with Crippen molar-refractivity contribution in [2.45, 2.75) is 70.2 Å². The summed E-state index contributed by atoms with van der Waals surface area (Å²) in [7, 11) is -1.97. The highest BCUT2D eigenvalue weighted by Crippen LogP contribution is 2.38. The van der Waals surface area contributed by atoms with Gasteiger partial charge in [-0.05, 0) is 32.0 Å². The van der Waals surface area contributed by atoms with Crippen LogP contribution >= 0.6 is 0 Å². The summed E-state index contributed by atoms with van der Waals surface area (Å²) in [5, 5.41) is 10.7. The van der Waals surface area contributed by atoms with Crippen LogP contribution in [-0.4, -0.2) is 44.1 Å². The first-order valence-corrected chi connectivity index (χ1v) is 9.90. The summed E-state index contributed by atoms with van der Waals surface area (Å²) in [6.07, 6.45) is 4.95. The zero-order chi connectivity index (χ0) is 15.8. The van der Waals surface area contributed by atoms with Crippen LogP contribution in [0, 0.1) is 12.3 Å². The molecule has 0 aromatic rings. The molecule has 1 rings (SSSR count). The van der Waals surface area contributed by atoms with Gasteiger partial charge in [0, 0.05) is 0 Å². The second kappa shape index (κ2) is 5.43. The standard InChI is InChI=1S/C15H28O4Si/c1-9-15(16,12-10-17-14(5,6)19-12)11-18-20(7,8)13(2,3)4/h1,12,16H,10-11H2,2-8H3/t12-,15+/m1/s1. The van der Waals surface area contributed by atoms with Crippen molar-refractivity contribution < 1.29 is 19.0 Å². The molecule has 0 spiro atoms. The third kappa shape index (κ3) is 3.83. The molecule has 1 saturated heterocycles. The lowest BCUT2D eigenvalue weighted by atomic mass is 10.00. The Balaban J connectivity index is 2.76. The Labute approximate surface area is 123 Å². The van der Waals surface area contributed by atoms with E-state index in [9.17, 15) is 5.11 Å². The van der Waals surface area contributed by atoms with Gasteiger partial charge in [-0.1, -0.05) is 26.7 Å². The second-order valence-electron chi connectivity index (χ2n) is 7.43. The Morgan fingerprint density at radius 3 is 2.30 bits per heavy atom. The molecule has 116 valence electrons. The summed E-state index contributed by atoms with van der Waals surface area (Å²) in [6, 6.07) is 0. The van der Waals surface area contributed by atoms with Gasteiger partial charge >= 0.3 is 0 Å². The summed E-state index contributed by atoms with van der Waals surface area (Å²) < 4.78 is 17.2. The second-order valence-corrected chi connectivity index (χ2v) is 12.2. The average molecular weight is 300 g/mol. The number of ether oxygens (including phenoxy) is 2. The van der Waals surface area contributed by atoms with Crippen molar-refractivity contribution in [2.24, 2.45) is 0 Å². The van der Waals surface area contributed by atoms with Crippen molar-refractivity contribution in [2.75, 3.05) is 13.2 Å². The molecule has 1 heterocycles. The van der Waals surface area contributed by atoms with Gasteiger partial charge < -0.3 is 19.0 Å². The quantitative estimate of drug-likeness (QED) is 0.640. The molecule has 4 nitrogen and oxygen atoms in total. The van der Waals surface area contributed by atoms with Crippen LogP contribution in [0.3, 0.4) is 0 Å². The molecular weight excluding hydrogens is 272 g/mol. The maximum atomic E-state index is 10.6. The van der Waals surface area contributed by atoms with E-state index in [0.717, 1.165) is 0 Å². The van der Waals surface area contributed by atoms with Crippen molar-refractivity contribution in [1.29, 1.82) is 0 Å². The Morgan fingerprint density at radius 2 is 1.95 bits per heavy atom. The maximum Gasteiger partial charge on any atom is 0.192 e. The minimum Gasteiger partial charge on any atom is -0.413 e. The molecule has 0 radical (unpaired) electrons. The summed E-state index contributed by atoms with van der Waals surface area (Å²) in [5.74, 6) is 1.71. The summed E-state index contributed by atoms with van der Waals surface area (Å²) in [4.78, 5) is 0. The van der Waals surface area contributed by atoms with E-state index < -0.39 is 25.8 Å². The van der Waals surface area contributed by atoms with E-state index in [-0.39, 0.29) is 18.3 Å². The fraction of sp³-hybridized carbons (Fsp3) is 0.867. The highest BCUT2D eigenvalue weighted by Gasteiger charge is 2.47. The van der Waals surface area contributed by atoms with Crippen LogP contribution in [0.5, 0.6) is 0 Å². The summed E-state index contributed by atoms with van der Waals surface area (Å²) >= 11 is 0. The predicted octanol–water partition coefficient (Wildman–Crippen LogP) is 2.52. The summed E-state index contributed by atoms with van der Waals surface area (Å²) in [6.45, 7) is 14.6. The van der Waals surface area contributed by atoms with Crippen molar-refractivity contribution in [3.63, 3.8) is 0 Å². The molecule has 0 unspecified atom stereocenters. The topological polar surface area (TPSA) is 47.9 Å².